The molecule has 0 aliphatic heterocycles. The van der Waals surface area contributed by atoms with Gasteiger partial charge in [-0.25, -0.2) is 0 Å². The van der Waals surface area contributed by atoms with Crippen LogP contribution in [0.5, 0.6) is 5.75 Å². The lowest BCUT2D eigenvalue weighted by Crippen LogP contribution is -2.38. The Labute approximate surface area is 120 Å². The first-order valence-corrected chi connectivity index (χ1v) is 6.03. The van der Waals surface area contributed by atoms with Crippen molar-refractivity contribution < 1.29 is 24.4 Å². The van der Waals surface area contributed by atoms with Crippen LogP contribution in [0, 0.1) is 15.5 Å². The molecule has 2 N–H and O–H groups in total. The first-order valence-electron chi connectivity index (χ1n) is 6.03. The quantitative estimate of drug-likeness (QED) is 0.605. The Bertz CT molecular complexity index is 582. The second-order valence-corrected chi connectivity index (χ2v) is 5.02. The van der Waals surface area contributed by atoms with Crippen LogP contribution in [0.3, 0.4) is 0 Å². The van der Waals surface area contributed by atoms with Gasteiger partial charge in [-0.2, -0.15) is 0 Å². The van der Waals surface area contributed by atoms with Gasteiger partial charge in [-0.3, -0.25) is 19.7 Å². The number of carbonyl (C=O) groups excluding carboxylic acids is 1. The van der Waals surface area contributed by atoms with E-state index in [9.17, 15) is 19.7 Å². The monoisotopic (exact) mass is 296 g/mol. The zero-order chi connectivity index (χ0) is 16.2. The van der Waals surface area contributed by atoms with Crippen molar-refractivity contribution >= 4 is 17.6 Å². The minimum absolute atomic E-state index is 0.0369. The molecule has 0 heterocycles. The van der Waals surface area contributed by atoms with Crippen LogP contribution >= 0.6 is 0 Å². The number of nitro groups is 1. The lowest BCUT2D eigenvalue weighted by Gasteiger charge is -2.19. The van der Waals surface area contributed by atoms with Gasteiger partial charge in [0.25, 0.3) is 5.91 Å². The van der Waals surface area contributed by atoms with Crippen molar-refractivity contribution in [3.8, 4) is 5.75 Å². The Morgan fingerprint density at radius 3 is 2.52 bits per heavy atom. The smallest absolute Gasteiger partial charge is 0.310 e. The fourth-order valence-corrected chi connectivity index (χ4v) is 1.45. The summed E-state index contributed by atoms with van der Waals surface area (Å²) in [6, 6.07) is 3.68. The van der Waals surface area contributed by atoms with Gasteiger partial charge in [0.15, 0.2) is 5.75 Å². The number of hydrogen-bond donors (Lipinski definition) is 2. The van der Waals surface area contributed by atoms with Crippen molar-refractivity contribution in [3.05, 3.63) is 33.9 Å². The van der Waals surface area contributed by atoms with E-state index in [-0.39, 0.29) is 23.5 Å². The number of carbonyl (C=O) groups is 2. The van der Waals surface area contributed by atoms with Crippen LogP contribution < -0.4 is 10.1 Å². The Morgan fingerprint density at radius 1 is 1.43 bits per heavy atom. The Morgan fingerprint density at radius 2 is 2.05 bits per heavy atom. The number of nitro benzene ring substituents is 1. The molecule has 114 valence electrons. The largest absolute Gasteiger partial charge is 0.490 e. The van der Waals surface area contributed by atoms with E-state index in [1.54, 1.807) is 0 Å². The van der Waals surface area contributed by atoms with E-state index >= 15 is 0 Å². The van der Waals surface area contributed by atoms with Crippen molar-refractivity contribution in [1.29, 1.82) is 0 Å². The summed E-state index contributed by atoms with van der Waals surface area (Å²) in [6.45, 7) is 2.89. The van der Waals surface area contributed by atoms with Gasteiger partial charge in [-0.1, -0.05) is 0 Å². The third kappa shape index (κ3) is 3.91. The Balaban J connectivity index is 2.89. The van der Waals surface area contributed by atoms with Crippen LogP contribution in [0.1, 0.15) is 24.2 Å². The van der Waals surface area contributed by atoms with Crippen LogP contribution in [0.4, 0.5) is 5.69 Å². The van der Waals surface area contributed by atoms with Crippen molar-refractivity contribution in [1.82, 2.24) is 5.32 Å². The highest BCUT2D eigenvalue weighted by Gasteiger charge is 2.28. The maximum Gasteiger partial charge on any atom is 0.310 e. The second-order valence-electron chi connectivity index (χ2n) is 5.02. The van der Waals surface area contributed by atoms with E-state index < -0.39 is 22.2 Å². The lowest BCUT2D eigenvalue weighted by molar-refractivity contribution is -0.385. The summed E-state index contributed by atoms with van der Waals surface area (Å²) in [5, 5.41) is 22.2. The molecule has 0 aliphatic rings. The number of nitrogens with zero attached hydrogens (tertiary/aromatic N) is 1. The molecule has 1 aromatic carbocycles. The highest BCUT2D eigenvalue weighted by Crippen LogP contribution is 2.27. The predicted molar refractivity (Wildman–Crippen MR) is 73.4 cm³/mol. The van der Waals surface area contributed by atoms with Gasteiger partial charge in [-0.15, -0.1) is 0 Å². The number of methoxy groups -OCH3 is 1. The fourth-order valence-electron chi connectivity index (χ4n) is 1.45. The molecule has 0 aromatic heterocycles. The number of amides is 1. The van der Waals surface area contributed by atoms with Crippen LogP contribution in [-0.4, -0.2) is 35.6 Å². The molecule has 1 aromatic rings. The number of carboxylic acids is 1. The van der Waals surface area contributed by atoms with Crippen LogP contribution in [0.15, 0.2) is 18.2 Å². The van der Waals surface area contributed by atoms with Crippen LogP contribution in [0.25, 0.3) is 0 Å². The average molecular weight is 296 g/mol. The van der Waals surface area contributed by atoms with Gasteiger partial charge in [0.2, 0.25) is 0 Å². The molecule has 0 fully saturated rings. The molecule has 0 aliphatic carbocycles. The van der Waals surface area contributed by atoms with E-state index in [0.29, 0.717) is 0 Å². The summed E-state index contributed by atoms with van der Waals surface area (Å²) in [4.78, 5) is 33.0. The molecule has 0 bridgehead atoms. The molecule has 8 nitrogen and oxygen atoms in total. The molecular formula is C13H16N2O6. The number of nitrogens with one attached hydrogen (secondary N) is 1. The number of benzene rings is 1. The minimum atomic E-state index is -1.11. The average Bonchev–Trinajstić information content (AvgIpc) is 2.43. The molecule has 0 radical (unpaired) electrons. The van der Waals surface area contributed by atoms with Gasteiger partial charge >= 0.3 is 11.7 Å². The first kappa shape index (κ1) is 16.4. The van der Waals surface area contributed by atoms with Crippen molar-refractivity contribution in [3.63, 3.8) is 0 Å². The van der Waals surface area contributed by atoms with Crippen molar-refractivity contribution in [2.45, 2.75) is 13.8 Å². The topological polar surface area (TPSA) is 119 Å². The number of carboxylic acid groups (broad SMARTS) is 1. The zero-order valence-electron chi connectivity index (χ0n) is 11.9. The van der Waals surface area contributed by atoms with Gasteiger partial charge in [0.1, 0.15) is 0 Å². The predicted octanol–water partition coefficient (Wildman–Crippen LogP) is 1.44. The summed E-state index contributed by atoms with van der Waals surface area (Å²) >= 11 is 0. The molecule has 8 heteroatoms. The van der Waals surface area contributed by atoms with Crippen LogP contribution in [-0.2, 0) is 4.79 Å². The maximum atomic E-state index is 11.9. The Hall–Kier alpha value is -2.64. The molecule has 0 unspecified atom stereocenters. The molecular weight excluding hydrogens is 280 g/mol. The maximum absolute atomic E-state index is 11.9. The van der Waals surface area contributed by atoms with E-state index in [2.05, 4.69) is 5.32 Å². The second kappa shape index (κ2) is 6.21. The van der Waals surface area contributed by atoms with Gasteiger partial charge in [0, 0.05) is 24.2 Å². The standard InChI is InChI=1S/C13H16N2O6/c1-13(2,12(17)18)7-14-11(16)8-4-5-9(15(19)20)10(6-8)21-3/h4-6H,7H2,1-3H3,(H,14,16)(H,17,18). The van der Waals surface area contributed by atoms with E-state index in [1.807, 2.05) is 0 Å². The number of hydrogen-bond acceptors (Lipinski definition) is 5. The number of ether oxygens (including phenoxy) is 1. The van der Waals surface area contributed by atoms with Gasteiger partial charge in [0.05, 0.1) is 17.4 Å². The highest BCUT2D eigenvalue weighted by atomic mass is 16.6. The summed E-state index contributed by atoms with van der Waals surface area (Å²) in [5.74, 6) is -1.60. The minimum Gasteiger partial charge on any atom is -0.490 e. The molecule has 1 amide bonds. The lowest BCUT2D eigenvalue weighted by atomic mass is 9.94. The van der Waals surface area contributed by atoms with Gasteiger partial charge < -0.3 is 15.2 Å². The summed E-state index contributed by atoms with van der Waals surface area (Å²) < 4.78 is 4.87. The summed E-state index contributed by atoms with van der Waals surface area (Å²) in [6.07, 6.45) is 0. The summed E-state index contributed by atoms with van der Waals surface area (Å²) in [5.41, 5.74) is -1.21. The van der Waals surface area contributed by atoms with E-state index in [0.717, 1.165) is 6.07 Å². The highest BCUT2D eigenvalue weighted by molar-refractivity contribution is 5.95. The van der Waals surface area contributed by atoms with Gasteiger partial charge in [-0.05, 0) is 19.9 Å². The van der Waals surface area contributed by atoms with Crippen molar-refractivity contribution in [2.24, 2.45) is 5.41 Å². The number of aliphatic carboxylic acids is 1. The van der Waals surface area contributed by atoms with E-state index in [4.69, 9.17) is 9.84 Å². The third-order valence-electron chi connectivity index (χ3n) is 2.91. The summed E-state index contributed by atoms with van der Waals surface area (Å²) in [7, 11) is 1.26. The molecule has 0 atom stereocenters. The molecule has 0 saturated heterocycles. The van der Waals surface area contributed by atoms with Crippen LogP contribution in [0.2, 0.25) is 0 Å². The molecule has 0 spiro atoms. The normalized spacial score (nSPS) is 10.8. The fraction of sp³-hybridized carbons (Fsp3) is 0.385. The van der Waals surface area contributed by atoms with E-state index in [1.165, 1.54) is 33.1 Å². The first-order chi connectivity index (χ1) is 9.69. The SMILES string of the molecule is COc1cc(C(=O)NCC(C)(C)C(=O)O)ccc1[N+](=O)[O-]. The molecule has 1 rings (SSSR count). The number of rotatable bonds is 6. The third-order valence-corrected chi connectivity index (χ3v) is 2.91. The zero-order valence-corrected chi connectivity index (χ0v) is 11.9. The Kier molecular flexibility index (Phi) is 4.85. The van der Waals surface area contributed by atoms with Crippen molar-refractivity contribution in [2.75, 3.05) is 13.7 Å². The molecule has 0 saturated carbocycles. The molecule has 21 heavy (non-hydrogen) atoms.